The molecule has 0 saturated heterocycles. The summed E-state index contributed by atoms with van der Waals surface area (Å²) in [5.74, 6) is 0.225. The van der Waals surface area contributed by atoms with E-state index in [1.807, 2.05) is 49.4 Å². The molecule has 4 rings (SSSR count). The number of aryl methyl sites for hydroxylation is 1. The van der Waals surface area contributed by atoms with Crippen LogP contribution in [0.15, 0.2) is 106 Å². The van der Waals surface area contributed by atoms with E-state index < -0.39 is 22.5 Å². The average Bonchev–Trinajstić information content (AvgIpc) is 2.89. The minimum Gasteiger partial charge on any atom is -0.497 e. The van der Waals surface area contributed by atoms with E-state index in [2.05, 4.69) is 15.9 Å². The maximum Gasteiger partial charge on any atom is 0.278 e. The molecule has 0 saturated carbocycles. The molecule has 0 radical (unpaired) electrons. The Bertz CT molecular complexity index is 1450. The number of rotatable bonds is 8. The van der Waals surface area contributed by atoms with Gasteiger partial charge in [-0.15, -0.1) is 0 Å². The second kappa shape index (κ2) is 11.0. The number of hydrogen-bond donors (Lipinski definition) is 0. The van der Waals surface area contributed by atoms with Crippen LogP contribution >= 0.6 is 15.9 Å². The third-order valence-electron chi connectivity index (χ3n) is 5.48. The topological polar surface area (TPSA) is 72.9 Å². The highest BCUT2D eigenvalue weighted by Crippen LogP contribution is 2.31. The predicted octanol–water partition coefficient (Wildman–Crippen LogP) is 6.23. The highest BCUT2D eigenvalue weighted by molar-refractivity contribution is 9.10. The van der Waals surface area contributed by atoms with Crippen molar-refractivity contribution in [3.63, 3.8) is 0 Å². The summed E-state index contributed by atoms with van der Waals surface area (Å²) in [6, 6.07) is 27.9. The highest BCUT2D eigenvalue weighted by Gasteiger charge is 2.31. The van der Waals surface area contributed by atoms with Gasteiger partial charge in [0.15, 0.2) is 6.61 Å². The van der Waals surface area contributed by atoms with Crippen LogP contribution in [0.4, 0.5) is 5.69 Å². The third-order valence-corrected chi connectivity index (χ3v) is 7.87. The average molecular weight is 566 g/mol. The minimum atomic E-state index is -4.20. The minimum absolute atomic E-state index is 0.00524. The number of anilines is 1. The van der Waals surface area contributed by atoms with Crippen molar-refractivity contribution in [2.45, 2.75) is 11.8 Å². The van der Waals surface area contributed by atoms with Gasteiger partial charge in [0, 0.05) is 0 Å². The van der Waals surface area contributed by atoms with Gasteiger partial charge in [-0.1, -0.05) is 54.1 Å². The van der Waals surface area contributed by atoms with Crippen LogP contribution in [0.1, 0.15) is 5.56 Å². The van der Waals surface area contributed by atoms with Crippen molar-refractivity contribution < 1.29 is 22.7 Å². The molecule has 36 heavy (non-hydrogen) atoms. The first-order valence-electron chi connectivity index (χ1n) is 11.1. The Morgan fingerprint density at radius 2 is 1.53 bits per heavy atom. The van der Waals surface area contributed by atoms with Gasteiger partial charge in [-0.2, -0.15) is 4.31 Å². The van der Waals surface area contributed by atoms with Crippen LogP contribution in [-0.4, -0.2) is 28.0 Å². The third kappa shape index (κ3) is 5.61. The van der Waals surface area contributed by atoms with E-state index in [1.54, 1.807) is 30.3 Å². The summed E-state index contributed by atoms with van der Waals surface area (Å²) in [4.78, 5) is 13.3. The molecule has 0 aliphatic rings. The Morgan fingerprint density at radius 1 is 0.861 bits per heavy atom. The molecule has 0 bridgehead atoms. The van der Waals surface area contributed by atoms with Gasteiger partial charge in [0.05, 0.1) is 22.2 Å². The van der Waals surface area contributed by atoms with Crippen LogP contribution in [0.2, 0.25) is 0 Å². The predicted molar refractivity (Wildman–Crippen MR) is 144 cm³/mol. The maximum atomic E-state index is 13.5. The van der Waals surface area contributed by atoms with Gasteiger partial charge >= 0.3 is 0 Å². The molecule has 0 unspecified atom stereocenters. The van der Waals surface area contributed by atoms with E-state index in [9.17, 15) is 13.2 Å². The Labute approximate surface area is 219 Å². The number of halogens is 1. The van der Waals surface area contributed by atoms with Crippen molar-refractivity contribution in [3.05, 3.63) is 107 Å². The van der Waals surface area contributed by atoms with Crippen molar-refractivity contribution in [1.82, 2.24) is 0 Å². The molecule has 0 heterocycles. The Morgan fingerprint density at radius 3 is 2.14 bits per heavy atom. The van der Waals surface area contributed by atoms with Gasteiger partial charge in [0.2, 0.25) is 0 Å². The number of nitrogens with zero attached hydrogens (tertiary/aromatic N) is 1. The summed E-state index contributed by atoms with van der Waals surface area (Å²) in [6.45, 7) is 1.37. The SMILES string of the molecule is COc1ccc(N(C(=O)COc2ccc(-c3ccccc3)cc2Br)S(=O)(=O)c2ccc(C)cc2)cc1. The van der Waals surface area contributed by atoms with Crippen molar-refractivity contribution in [1.29, 1.82) is 0 Å². The Kier molecular flexibility index (Phi) is 7.76. The molecule has 6 nitrogen and oxygen atoms in total. The normalized spacial score (nSPS) is 11.1. The van der Waals surface area contributed by atoms with E-state index in [-0.39, 0.29) is 10.6 Å². The molecular formula is C28H24BrNO5S. The molecule has 8 heteroatoms. The van der Waals surface area contributed by atoms with E-state index in [1.165, 1.54) is 31.4 Å². The zero-order chi connectivity index (χ0) is 25.7. The number of hydrogen-bond acceptors (Lipinski definition) is 5. The fourth-order valence-corrected chi connectivity index (χ4v) is 5.48. The molecule has 4 aromatic rings. The quantitative estimate of drug-likeness (QED) is 0.253. The monoisotopic (exact) mass is 565 g/mol. The van der Waals surface area contributed by atoms with E-state index in [4.69, 9.17) is 9.47 Å². The number of carbonyl (C=O) groups excluding carboxylic acids is 1. The Hall–Kier alpha value is -3.62. The summed E-state index contributed by atoms with van der Waals surface area (Å²) in [7, 11) is -2.69. The van der Waals surface area contributed by atoms with Crippen molar-refractivity contribution in [3.8, 4) is 22.6 Å². The largest absolute Gasteiger partial charge is 0.497 e. The fraction of sp³-hybridized carbons (Fsp3) is 0.107. The molecule has 0 atom stereocenters. The van der Waals surface area contributed by atoms with Crippen LogP contribution in [0.25, 0.3) is 11.1 Å². The smallest absolute Gasteiger partial charge is 0.278 e. The van der Waals surface area contributed by atoms with Crippen LogP contribution in [0, 0.1) is 6.92 Å². The van der Waals surface area contributed by atoms with Crippen molar-refractivity contribution >= 4 is 37.5 Å². The fourth-order valence-electron chi connectivity index (χ4n) is 3.58. The highest BCUT2D eigenvalue weighted by atomic mass is 79.9. The number of methoxy groups -OCH3 is 1. The summed E-state index contributed by atoms with van der Waals surface area (Å²) in [5, 5.41) is 0. The number of sulfonamides is 1. The molecule has 0 aromatic heterocycles. The molecule has 0 fully saturated rings. The van der Waals surface area contributed by atoms with Gasteiger partial charge in [-0.3, -0.25) is 4.79 Å². The van der Waals surface area contributed by atoms with Gasteiger partial charge in [-0.05, 0) is 82.5 Å². The lowest BCUT2D eigenvalue weighted by Crippen LogP contribution is -2.40. The molecule has 0 aliphatic heterocycles. The molecule has 4 aromatic carbocycles. The van der Waals surface area contributed by atoms with Crippen LogP contribution in [-0.2, 0) is 14.8 Å². The lowest BCUT2D eigenvalue weighted by Gasteiger charge is -2.23. The molecule has 184 valence electrons. The summed E-state index contributed by atoms with van der Waals surface area (Å²) in [5.41, 5.74) is 3.10. The second-order valence-corrected chi connectivity index (χ2v) is 10.6. The van der Waals surface area contributed by atoms with Gasteiger partial charge < -0.3 is 9.47 Å². The van der Waals surface area contributed by atoms with Crippen molar-refractivity contribution in [2.24, 2.45) is 0 Å². The van der Waals surface area contributed by atoms with Crippen LogP contribution in [0.5, 0.6) is 11.5 Å². The first-order chi connectivity index (χ1) is 17.3. The zero-order valence-electron chi connectivity index (χ0n) is 19.7. The lowest BCUT2D eigenvalue weighted by molar-refractivity contribution is -0.119. The summed E-state index contributed by atoms with van der Waals surface area (Å²) < 4.78 is 39.4. The van der Waals surface area contributed by atoms with Crippen LogP contribution < -0.4 is 13.8 Å². The van der Waals surface area contributed by atoms with Crippen molar-refractivity contribution in [2.75, 3.05) is 18.0 Å². The van der Waals surface area contributed by atoms with E-state index >= 15 is 0 Å². The first kappa shape index (κ1) is 25.5. The molecule has 0 spiro atoms. The first-order valence-corrected chi connectivity index (χ1v) is 13.3. The molecule has 1 amide bonds. The summed E-state index contributed by atoms with van der Waals surface area (Å²) >= 11 is 3.49. The second-order valence-electron chi connectivity index (χ2n) is 7.97. The number of benzene rings is 4. The number of amides is 1. The van der Waals surface area contributed by atoms with E-state index in [0.29, 0.717) is 16.0 Å². The van der Waals surface area contributed by atoms with Gasteiger partial charge in [0.1, 0.15) is 11.5 Å². The zero-order valence-corrected chi connectivity index (χ0v) is 22.1. The maximum absolute atomic E-state index is 13.5. The molecular weight excluding hydrogens is 542 g/mol. The van der Waals surface area contributed by atoms with E-state index in [0.717, 1.165) is 21.0 Å². The molecule has 0 aliphatic carbocycles. The Balaban J connectivity index is 1.61. The van der Waals surface area contributed by atoms with Crippen LogP contribution in [0.3, 0.4) is 0 Å². The van der Waals surface area contributed by atoms with Gasteiger partial charge in [0.25, 0.3) is 15.9 Å². The lowest BCUT2D eigenvalue weighted by atomic mass is 10.1. The molecule has 0 N–H and O–H groups in total. The number of carbonyl (C=O) groups is 1. The van der Waals surface area contributed by atoms with Gasteiger partial charge in [-0.25, -0.2) is 8.42 Å². The summed E-state index contributed by atoms with van der Waals surface area (Å²) in [6.07, 6.45) is 0. The standard InChI is InChI=1S/C28H24BrNO5S/c1-20-8-15-25(16-9-20)36(32,33)30(23-11-13-24(34-2)14-12-23)28(31)19-35-27-17-10-22(18-26(27)29)21-6-4-3-5-7-21/h3-18H,19H2,1-2H3. The number of ether oxygens (including phenoxy) is 2.